The SMILES string of the molecule is CCCCCCCCCCCC1N(CC)C=CN1C(C)C. The minimum atomic E-state index is 0.611. The van der Waals surface area contributed by atoms with Gasteiger partial charge in [-0.1, -0.05) is 58.3 Å². The highest BCUT2D eigenvalue weighted by molar-refractivity contribution is 4.97. The summed E-state index contributed by atoms with van der Waals surface area (Å²) in [6, 6.07) is 0.612. The Morgan fingerprint density at radius 1 is 0.810 bits per heavy atom. The second kappa shape index (κ2) is 11.0. The fourth-order valence-corrected chi connectivity index (χ4v) is 3.32. The Morgan fingerprint density at radius 3 is 1.90 bits per heavy atom. The fourth-order valence-electron chi connectivity index (χ4n) is 3.32. The van der Waals surface area contributed by atoms with Crippen LogP contribution < -0.4 is 0 Å². The normalized spacial score (nSPS) is 18.2. The third-order valence-electron chi connectivity index (χ3n) is 4.68. The number of unbranched alkanes of at least 4 members (excludes halogenated alkanes) is 8. The predicted molar refractivity (Wildman–Crippen MR) is 94.1 cm³/mol. The van der Waals surface area contributed by atoms with Crippen molar-refractivity contribution in [3.05, 3.63) is 12.4 Å². The molecule has 0 radical (unpaired) electrons. The first-order valence-corrected chi connectivity index (χ1v) is 9.42. The van der Waals surface area contributed by atoms with Crippen molar-refractivity contribution < 1.29 is 0 Å². The first-order chi connectivity index (χ1) is 10.2. The van der Waals surface area contributed by atoms with Crippen LogP contribution in [0.3, 0.4) is 0 Å². The molecule has 2 nitrogen and oxygen atoms in total. The van der Waals surface area contributed by atoms with Crippen LogP contribution in [0, 0.1) is 0 Å². The molecule has 1 heterocycles. The van der Waals surface area contributed by atoms with E-state index in [1.54, 1.807) is 0 Å². The Hall–Kier alpha value is -0.660. The van der Waals surface area contributed by atoms with Gasteiger partial charge in [-0.25, -0.2) is 0 Å². The zero-order valence-corrected chi connectivity index (χ0v) is 15.0. The lowest BCUT2D eigenvalue weighted by molar-refractivity contribution is 0.119. The van der Waals surface area contributed by atoms with Gasteiger partial charge in [-0.05, 0) is 33.6 Å². The lowest BCUT2D eigenvalue weighted by Gasteiger charge is -2.34. The van der Waals surface area contributed by atoms with Crippen molar-refractivity contribution in [2.45, 2.75) is 104 Å². The predicted octanol–water partition coefficient (Wildman–Crippen LogP) is 5.75. The van der Waals surface area contributed by atoms with E-state index in [1.807, 2.05) is 0 Å². The maximum atomic E-state index is 2.52. The monoisotopic (exact) mass is 294 g/mol. The molecule has 0 bridgehead atoms. The Kier molecular flexibility index (Phi) is 9.62. The molecule has 1 rings (SSSR count). The fraction of sp³-hybridized carbons (Fsp3) is 0.895. The molecule has 0 spiro atoms. The second-order valence-corrected chi connectivity index (χ2v) is 6.77. The Morgan fingerprint density at radius 2 is 1.38 bits per heavy atom. The van der Waals surface area contributed by atoms with Crippen LogP contribution in [0.5, 0.6) is 0 Å². The third kappa shape index (κ3) is 6.76. The van der Waals surface area contributed by atoms with Gasteiger partial charge in [-0.2, -0.15) is 0 Å². The largest absolute Gasteiger partial charge is 0.356 e. The first kappa shape index (κ1) is 18.4. The standard InChI is InChI=1S/C19H38N2/c1-5-7-8-9-10-11-12-13-14-15-19-20(6-2)16-17-21(19)18(3)4/h16-19H,5-15H2,1-4H3. The van der Waals surface area contributed by atoms with Crippen molar-refractivity contribution in [3.63, 3.8) is 0 Å². The van der Waals surface area contributed by atoms with E-state index in [4.69, 9.17) is 0 Å². The van der Waals surface area contributed by atoms with Gasteiger partial charge in [0, 0.05) is 25.0 Å². The summed E-state index contributed by atoms with van der Waals surface area (Å²) >= 11 is 0. The van der Waals surface area contributed by atoms with E-state index < -0.39 is 0 Å². The molecule has 1 atom stereocenters. The van der Waals surface area contributed by atoms with Crippen molar-refractivity contribution in [1.29, 1.82) is 0 Å². The molecule has 0 aliphatic carbocycles. The molecule has 21 heavy (non-hydrogen) atoms. The Bertz CT molecular complexity index is 273. The van der Waals surface area contributed by atoms with E-state index in [2.05, 4.69) is 49.9 Å². The third-order valence-corrected chi connectivity index (χ3v) is 4.68. The van der Waals surface area contributed by atoms with E-state index in [0.717, 1.165) is 6.54 Å². The molecular formula is C19H38N2. The van der Waals surface area contributed by atoms with Gasteiger partial charge in [-0.15, -0.1) is 0 Å². The summed E-state index contributed by atoms with van der Waals surface area (Å²) in [6.45, 7) is 10.3. The van der Waals surface area contributed by atoms with Crippen molar-refractivity contribution in [2.24, 2.45) is 0 Å². The van der Waals surface area contributed by atoms with Crippen LogP contribution >= 0.6 is 0 Å². The quantitative estimate of drug-likeness (QED) is 0.423. The minimum Gasteiger partial charge on any atom is -0.356 e. The Labute approximate surface area is 133 Å². The summed E-state index contributed by atoms with van der Waals surface area (Å²) < 4.78 is 0. The van der Waals surface area contributed by atoms with Gasteiger partial charge in [-0.3, -0.25) is 0 Å². The lowest BCUT2D eigenvalue weighted by Crippen LogP contribution is -2.41. The highest BCUT2D eigenvalue weighted by atomic mass is 15.4. The van der Waals surface area contributed by atoms with E-state index in [-0.39, 0.29) is 0 Å². The molecule has 2 heteroatoms. The summed E-state index contributed by atoms with van der Waals surface area (Å²) in [6.07, 6.45) is 19.3. The van der Waals surface area contributed by atoms with Crippen molar-refractivity contribution in [3.8, 4) is 0 Å². The van der Waals surface area contributed by atoms with Gasteiger partial charge < -0.3 is 9.80 Å². The van der Waals surface area contributed by atoms with Crippen LogP contribution in [0.4, 0.5) is 0 Å². The van der Waals surface area contributed by atoms with E-state index in [9.17, 15) is 0 Å². The van der Waals surface area contributed by atoms with Gasteiger partial charge in [0.15, 0.2) is 0 Å². The smallest absolute Gasteiger partial charge is 0.101 e. The molecule has 1 unspecified atom stereocenters. The molecule has 1 aliphatic heterocycles. The number of nitrogens with zero attached hydrogens (tertiary/aromatic N) is 2. The van der Waals surface area contributed by atoms with Crippen LogP contribution in [0.25, 0.3) is 0 Å². The molecule has 0 saturated heterocycles. The summed E-state index contributed by atoms with van der Waals surface area (Å²) in [4.78, 5) is 5.01. The van der Waals surface area contributed by atoms with Crippen LogP contribution in [-0.4, -0.2) is 28.6 Å². The second-order valence-electron chi connectivity index (χ2n) is 6.77. The average molecular weight is 295 g/mol. The summed E-state index contributed by atoms with van der Waals surface area (Å²) in [5.74, 6) is 0. The first-order valence-electron chi connectivity index (χ1n) is 9.42. The van der Waals surface area contributed by atoms with Crippen LogP contribution in [0.1, 0.15) is 91.9 Å². The lowest BCUT2D eigenvalue weighted by atomic mass is 10.1. The van der Waals surface area contributed by atoms with Gasteiger partial charge >= 0.3 is 0 Å². The summed E-state index contributed by atoms with van der Waals surface area (Å²) in [5, 5.41) is 0. The molecular weight excluding hydrogens is 256 g/mol. The molecule has 0 aromatic carbocycles. The molecule has 0 aromatic rings. The topological polar surface area (TPSA) is 6.48 Å². The molecule has 0 saturated carbocycles. The van der Waals surface area contributed by atoms with Gasteiger partial charge in [0.05, 0.1) is 0 Å². The Balaban J connectivity index is 2.08. The zero-order chi connectivity index (χ0) is 15.5. The number of rotatable bonds is 12. The van der Waals surface area contributed by atoms with Crippen molar-refractivity contribution in [2.75, 3.05) is 6.54 Å². The maximum absolute atomic E-state index is 2.52. The summed E-state index contributed by atoms with van der Waals surface area (Å²) in [5.41, 5.74) is 0. The highest BCUT2D eigenvalue weighted by Gasteiger charge is 2.26. The minimum absolute atomic E-state index is 0.611. The molecule has 0 aromatic heterocycles. The maximum Gasteiger partial charge on any atom is 0.101 e. The van der Waals surface area contributed by atoms with E-state index in [0.29, 0.717) is 12.2 Å². The summed E-state index contributed by atoms with van der Waals surface area (Å²) in [7, 11) is 0. The van der Waals surface area contributed by atoms with Gasteiger partial charge in [0.25, 0.3) is 0 Å². The van der Waals surface area contributed by atoms with Crippen LogP contribution in [-0.2, 0) is 0 Å². The zero-order valence-electron chi connectivity index (χ0n) is 15.0. The van der Waals surface area contributed by atoms with Crippen molar-refractivity contribution >= 4 is 0 Å². The molecule has 1 aliphatic rings. The van der Waals surface area contributed by atoms with Gasteiger partial charge in [0.1, 0.15) is 6.17 Å². The van der Waals surface area contributed by atoms with E-state index in [1.165, 1.54) is 64.2 Å². The van der Waals surface area contributed by atoms with Crippen molar-refractivity contribution in [1.82, 2.24) is 9.80 Å². The molecule has 0 fully saturated rings. The molecule has 0 N–H and O–H groups in total. The highest BCUT2D eigenvalue weighted by Crippen LogP contribution is 2.23. The molecule has 124 valence electrons. The van der Waals surface area contributed by atoms with Gasteiger partial charge in [0.2, 0.25) is 0 Å². The number of hydrogen-bond acceptors (Lipinski definition) is 2. The average Bonchev–Trinajstić information content (AvgIpc) is 2.88. The van der Waals surface area contributed by atoms with Crippen LogP contribution in [0.15, 0.2) is 12.4 Å². The van der Waals surface area contributed by atoms with E-state index >= 15 is 0 Å². The molecule has 0 amide bonds. The number of hydrogen-bond donors (Lipinski definition) is 0. The van der Waals surface area contributed by atoms with Crippen LogP contribution in [0.2, 0.25) is 0 Å².